The molecule has 0 aliphatic rings. The molecule has 0 heterocycles. The highest BCUT2D eigenvalue weighted by Gasteiger charge is 2.03. The van der Waals surface area contributed by atoms with Gasteiger partial charge in [0.15, 0.2) is 0 Å². The van der Waals surface area contributed by atoms with Crippen molar-refractivity contribution < 1.29 is 14.2 Å². The van der Waals surface area contributed by atoms with Crippen LogP contribution in [-0.2, 0) is 4.74 Å². The van der Waals surface area contributed by atoms with E-state index in [9.17, 15) is 4.39 Å². The van der Waals surface area contributed by atoms with Crippen molar-refractivity contribution in [2.45, 2.75) is 20.0 Å². The van der Waals surface area contributed by atoms with E-state index < -0.39 is 12.8 Å². The van der Waals surface area contributed by atoms with Gasteiger partial charge in [-0.3, -0.25) is 0 Å². The van der Waals surface area contributed by atoms with E-state index in [1.54, 1.807) is 0 Å². The summed E-state index contributed by atoms with van der Waals surface area (Å²) in [6.45, 7) is 4.10. The predicted octanol–water partition coefficient (Wildman–Crippen LogP) is 0.989. The van der Waals surface area contributed by atoms with Crippen molar-refractivity contribution in [1.82, 2.24) is 0 Å². The maximum atomic E-state index is 12.2. The van der Waals surface area contributed by atoms with Crippen LogP contribution in [0.5, 0.6) is 0 Å². The average Bonchev–Trinajstić information content (AvgIpc) is 1.87. The maximum absolute atomic E-state index is 12.2. The molecule has 0 saturated carbocycles. The topological polar surface area (TPSA) is 29.5 Å². The Hall–Kier alpha value is -0.150. The van der Waals surface area contributed by atoms with Gasteiger partial charge < -0.3 is 9.84 Å². The number of aliphatic hydroxyl groups excluding tert-OH is 1. The van der Waals surface area contributed by atoms with E-state index in [1.807, 2.05) is 13.8 Å². The highest BCUT2D eigenvalue weighted by atomic mass is 19.1. The lowest BCUT2D eigenvalue weighted by atomic mass is 10.2. The molecule has 0 spiro atoms. The first-order valence-electron chi connectivity index (χ1n) is 3.49. The summed E-state index contributed by atoms with van der Waals surface area (Å²) in [6, 6.07) is 0. The monoisotopic (exact) mass is 150 g/mol. The number of ether oxygens (including phenoxy) is 1. The third kappa shape index (κ3) is 5.98. The highest BCUT2D eigenvalue weighted by molar-refractivity contribution is 4.50. The summed E-state index contributed by atoms with van der Waals surface area (Å²) < 4.78 is 17.1. The number of aliphatic hydroxyl groups is 1. The Bertz CT molecular complexity index is 76.0. The van der Waals surface area contributed by atoms with Crippen molar-refractivity contribution in [3.8, 4) is 0 Å². The van der Waals surface area contributed by atoms with Crippen LogP contribution in [0.25, 0.3) is 0 Å². The van der Waals surface area contributed by atoms with E-state index in [1.165, 1.54) is 0 Å². The minimum atomic E-state index is -1.22. The Morgan fingerprint density at radius 2 is 2.00 bits per heavy atom. The summed E-state index contributed by atoms with van der Waals surface area (Å²) in [7, 11) is 0. The quantitative estimate of drug-likeness (QED) is 0.633. The highest BCUT2D eigenvalue weighted by Crippen LogP contribution is 1.95. The molecule has 0 aromatic rings. The average molecular weight is 150 g/mol. The Morgan fingerprint density at radius 1 is 1.40 bits per heavy atom. The van der Waals surface area contributed by atoms with Gasteiger partial charge in [-0.2, -0.15) is 0 Å². The molecule has 0 saturated heterocycles. The zero-order valence-electron chi connectivity index (χ0n) is 6.51. The number of alkyl halides is 1. The molecule has 62 valence electrons. The van der Waals surface area contributed by atoms with Crippen LogP contribution in [0.2, 0.25) is 0 Å². The summed E-state index contributed by atoms with van der Waals surface area (Å²) in [5.41, 5.74) is 0. The fraction of sp³-hybridized carbons (Fsp3) is 1.00. The van der Waals surface area contributed by atoms with Gasteiger partial charge in [-0.05, 0) is 5.92 Å². The maximum Gasteiger partial charge on any atom is 0.146 e. The molecule has 0 aliphatic carbocycles. The third-order valence-corrected chi connectivity index (χ3v) is 0.948. The van der Waals surface area contributed by atoms with Crippen LogP contribution >= 0.6 is 0 Å². The molecular weight excluding hydrogens is 135 g/mol. The minimum absolute atomic E-state index is 0.00861. The summed E-state index contributed by atoms with van der Waals surface area (Å²) in [5, 5.41) is 8.25. The van der Waals surface area contributed by atoms with Crippen molar-refractivity contribution in [3.63, 3.8) is 0 Å². The lowest BCUT2D eigenvalue weighted by molar-refractivity contribution is 0.0403. The van der Waals surface area contributed by atoms with Crippen molar-refractivity contribution in [2.75, 3.05) is 19.8 Å². The van der Waals surface area contributed by atoms with Gasteiger partial charge in [0.05, 0.1) is 13.2 Å². The normalized spacial score (nSPS) is 14.1. The van der Waals surface area contributed by atoms with Crippen LogP contribution in [0.1, 0.15) is 13.8 Å². The van der Waals surface area contributed by atoms with E-state index in [-0.39, 0.29) is 6.61 Å². The smallest absolute Gasteiger partial charge is 0.146 e. The van der Waals surface area contributed by atoms with Crippen LogP contribution in [0, 0.1) is 5.92 Å². The minimum Gasteiger partial charge on any atom is -0.393 e. The molecule has 10 heavy (non-hydrogen) atoms. The molecule has 0 aromatic heterocycles. The summed E-state index contributed by atoms with van der Waals surface area (Å²) in [4.78, 5) is 0. The summed E-state index contributed by atoms with van der Waals surface area (Å²) in [5.74, 6) is 0.422. The molecule has 0 rings (SSSR count). The molecule has 1 N–H and O–H groups in total. The molecule has 0 fully saturated rings. The van der Waals surface area contributed by atoms with Crippen molar-refractivity contribution >= 4 is 0 Å². The molecular formula is C7H15FO2. The standard InChI is InChI=1S/C7H15FO2/c1-6(2)4-10-5-7(8)3-9/h6-7,9H,3-5H2,1-2H3. The molecule has 0 aromatic carbocycles. The van der Waals surface area contributed by atoms with Crippen molar-refractivity contribution in [3.05, 3.63) is 0 Å². The number of hydrogen-bond donors (Lipinski definition) is 1. The second kappa shape index (κ2) is 5.62. The SMILES string of the molecule is CC(C)COCC(F)CO. The van der Waals surface area contributed by atoms with Crippen LogP contribution in [0.15, 0.2) is 0 Å². The van der Waals surface area contributed by atoms with E-state index in [0.717, 1.165) is 0 Å². The summed E-state index contributed by atoms with van der Waals surface area (Å²) >= 11 is 0. The zero-order valence-corrected chi connectivity index (χ0v) is 6.51. The van der Waals surface area contributed by atoms with Crippen molar-refractivity contribution in [1.29, 1.82) is 0 Å². The van der Waals surface area contributed by atoms with Gasteiger partial charge in [0.1, 0.15) is 6.17 Å². The second-order valence-corrected chi connectivity index (χ2v) is 2.71. The third-order valence-electron chi connectivity index (χ3n) is 0.948. The van der Waals surface area contributed by atoms with E-state index in [4.69, 9.17) is 9.84 Å². The summed E-state index contributed by atoms with van der Waals surface area (Å²) in [6.07, 6.45) is -1.22. The van der Waals surface area contributed by atoms with E-state index >= 15 is 0 Å². The van der Waals surface area contributed by atoms with Gasteiger partial charge in [-0.15, -0.1) is 0 Å². The predicted molar refractivity (Wildman–Crippen MR) is 37.6 cm³/mol. The fourth-order valence-corrected chi connectivity index (χ4v) is 0.484. The molecule has 0 amide bonds. The largest absolute Gasteiger partial charge is 0.393 e. The first kappa shape index (κ1) is 9.85. The Labute approximate surface area is 61.0 Å². The number of hydrogen-bond acceptors (Lipinski definition) is 2. The first-order valence-corrected chi connectivity index (χ1v) is 3.49. The van der Waals surface area contributed by atoms with Crippen LogP contribution in [0.3, 0.4) is 0 Å². The Kier molecular flexibility index (Phi) is 5.54. The molecule has 0 radical (unpaired) electrons. The Balaban J connectivity index is 3.03. The second-order valence-electron chi connectivity index (χ2n) is 2.71. The zero-order chi connectivity index (χ0) is 7.98. The molecule has 3 heteroatoms. The molecule has 1 unspecified atom stereocenters. The van der Waals surface area contributed by atoms with Crippen molar-refractivity contribution in [2.24, 2.45) is 5.92 Å². The van der Waals surface area contributed by atoms with Gasteiger partial charge in [0.2, 0.25) is 0 Å². The van der Waals surface area contributed by atoms with Crippen LogP contribution in [-0.4, -0.2) is 31.1 Å². The van der Waals surface area contributed by atoms with E-state index in [2.05, 4.69) is 0 Å². The van der Waals surface area contributed by atoms with Gasteiger partial charge in [0.25, 0.3) is 0 Å². The Morgan fingerprint density at radius 3 is 2.40 bits per heavy atom. The molecule has 0 aliphatic heterocycles. The lowest BCUT2D eigenvalue weighted by Crippen LogP contribution is -2.16. The fourth-order valence-electron chi connectivity index (χ4n) is 0.484. The number of rotatable bonds is 5. The van der Waals surface area contributed by atoms with Gasteiger partial charge >= 0.3 is 0 Å². The van der Waals surface area contributed by atoms with Gasteiger partial charge in [-0.25, -0.2) is 4.39 Å². The molecule has 2 nitrogen and oxygen atoms in total. The molecule has 1 atom stereocenters. The van der Waals surface area contributed by atoms with Gasteiger partial charge in [0, 0.05) is 6.61 Å². The lowest BCUT2D eigenvalue weighted by Gasteiger charge is -2.07. The number of halogens is 1. The van der Waals surface area contributed by atoms with E-state index in [0.29, 0.717) is 12.5 Å². The van der Waals surface area contributed by atoms with Gasteiger partial charge in [-0.1, -0.05) is 13.8 Å². The first-order chi connectivity index (χ1) is 4.66. The van der Waals surface area contributed by atoms with Crippen LogP contribution < -0.4 is 0 Å². The molecule has 0 bridgehead atoms. The van der Waals surface area contributed by atoms with Crippen LogP contribution in [0.4, 0.5) is 4.39 Å².